The SMILES string of the molecule is CCN(C)C(=O)C(=O)Nc1cccc(C(=O)O)c1. The summed E-state index contributed by atoms with van der Waals surface area (Å²) >= 11 is 0. The first-order chi connectivity index (χ1) is 8.45. The monoisotopic (exact) mass is 250 g/mol. The summed E-state index contributed by atoms with van der Waals surface area (Å²) in [6.45, 7) is 2.16. The number of nitrogens with zero attached hydrogens (tertiary/aromatic N) is 1. The van der Waals surface area contributed by atoms with Crippen LogP contribution in [0.3, 0.4) is 0 Å². The molecule has 2 amide bonds. The minimum absolute atomic E-state index is 0.0455. The number of aromatic carboxylic acids is 1. The smallest absolute Gasteiger partial charge is 0.335 e. The Morgan fingerprint density at radius 3 is 2.56 bits per heavy atom. The molecule has 2 N–H and O–H groups in total. The van der Waals surface area contributed by atoms with E-state index in [9.17, 15) is 14.4 Å². The fourth-order valence-electron chi connectivity index (χ4n) is 1.23. The maximum Gasteiger partial charge on any atom is 0.335 e. The van der Waals surface area contributed by atoms with Crippen LogP contribution in [0.5, 0.6) is 0 Å². The molecule has 96 valence electrons. The third-order valence-corrected chi connectivity index (χ3v) is 2.38. The molecule has 0 radical (unpaired) electrons. The van der Waals surface area contributed by atoms with Crippen LogP contribution in [0, 0.1) is 0 Å². The zero-order valence-corrected chi connectivity index (χ0v) is 10.1. The molecule has 0 saturated carbocycles. The van der Waals surface area contributed by atoms with Gasteiger partial charge in [-0.15, -0.1) is 0 Å². The van der Waals surface area contributed by atoms with Crippen LogP contribution in [0.15, 0.2) is 24.3 Å². The number of carboxylic acids is 1. The summed E-state index contributed by atoms with van der Waals surface area (Å²) in [7, 11) is 1.51. The van der Waals surface area contributed by atoms with E-state index in [-0.39, 0.29) is 11.3 Å². The lowest BCUT2D eigenvalue weighted by atomic mass is 10.2. The maximum atomic E-state index is 11.5. The highest BCUT2D eigenvalue weighted by molar-refractivity contribution is 6.39. The van der Waals surface area contributed by atoms with E-state index in [0.29, 0.717) is 6.54 Å². The van der Waals surface area contributed by atoms with Crippen LogP contribution in [0.2, 0.25) is 0 Å². The average Bonchev–Trinajstić information content (AvgIpc) is 2.37. The lowest BCUT2D eigenvalue weighted by Crippen LogP contribution is -2.36. The molecule has 18 heavy (non-hydrogen) atoms. The van der Waals surface area contributed by atoms with Crippen molar-refractivity contribution in [3.63, 3.8) is 0 Å². The molecule has 1 aromatic carbocycles. The number of carboxylic acid groups (broad SMARTS) is 1. The zero-order valence-electron chi connectivity index (χ0n) is 10.1. The van der Waals surface area contributed by atoms with Gasteiger partial charge >= 0.3 is 17.8 Å². The summed E-state index contributed by atoms with van der Waals surface area (Å²) < 4.78 is 0. The Morgan fingerprint density at radius 1 is 1.33 bits per heavy atom. The number of hydrogen-bond donors (Lipinski definition) is 2. The van der Waals surface area contributed by atoms with Crippen molar-refractivity contribution in [1.29, 1.82) is 0 Å². The quantitative estimate of drug-likeness (QED) is 0.777. The van der Waals surface area contributed by atoms with Crippen molar-refractivity contribution in [2.24, 2.45) is 0 Å². The summed E-state index contributed by atoms with van der Waals surface area (Å²) in [5.74, 6) is -2.55. The number of amides is 2. The topological polar surface area (TPSA) is 86.7 Å². The molecule has 6 nitrogen and oxygen atoms in total. The Bertz CT molecular complexity index is 485. The van der Waals surface area contributed by atoms with Gasteiger partial charge in [-0.3, -0.25) is 9.59 Å². The molecular formula is C12H14N2O4. The van der Waals surface area contributed by atoms with Crippen LogP contribution >= 0.6 is 0 Å². The van der Waals surface area contributed by atoms with Crippen molar-refractivity contribution in [1.82, 2.24) is 4.90 Å². The Morgan fingerprint density at radius 2 is 2.00 bits per heavy atom. The zero-order chi connectivity index (χ0) is 13.7. The van der Waals surface area contributed by atoms with E-state index >= 15 is 0 Å². The summed E-state index contributed by atoms with van der Waals surface area (Å²) in [4.78, 5) is 35.0. The molecule has 6 heteroatoms. The normalized spacial score (nSPS) is 9.67. The summed E-state index contributed by atoms with van der Waals surface area (Å²) in [5.41, 5.74) is 0.321. The van der Waals surface area contributed by atoms with Crippen molar-refractivity contribution in [3.8, 4) is 0 Å². The molecule has 0 saturated heterocycles. The number of benzene rings is 1. The first kappa shape index (κ1) is 13.7. The number of rotatable bonds is 3. The molecular weight excluding hydrogens is 236 g/mol. The van der Waals surface area contributed by atoms with E-state index < -0.39 is 17.8 Å². The molecule has 0 aliphatic rings. The largest absolute Gasteiger partial charge is 0.478 e. The lowest BCUT2D eigenvalue weighted by Gasteiger charge is -2.13. The van der Waals surface area contributed by atoms with Gasteiger partial charge in [-0.05, 0) is 25.1 Å². The molecule has 0 spiro atoms. The molecule has 0 aromatic heterocycles. The van der Waals surface area contributed by atoms with Crippen molar-refractivity contribution in [2.75, 3.05) is 18.9 Å². The minimum atomic E-state index is -1.09. The van der Waals surface area contributed by atoms with E-state index in [4.69, 9.17) is 5.11 Å². The average molecular weight is 250 g/mol. The standard InChI is InChI=1S/C12H14N2O4/c1-3-14(2)11(16)10(15)13-9-6-4-5-8(7-9)12(17)18/h4-7H,3H2,1-2H3,(H,13,15)(H,17,18). The molecule has 0 aliphatic heterocycles. The fourth-order valence-corrected chi connectivity index (χ4v) is 1.23. The summed E-state index contributed by atoms with van der Waals surface area (Å²) in [6, 6.07) is 5.70. The van der Waals surface area contributed by atoms with E-state index in [1.54, 1.807) is 6.92 Å². The third kappa shape index (κ3) is 3.31. The predicted octanol–water partition coefficient (Wildman–Crippen LogP) is 0.802. The second-order valence-corrected chi connectivity index (χ2v) is 3.66. The van der Waals surface area contributed by atoms with E-state index in [0.717, 1.165) is 0 Å². The van der Waals surface area contributed by atoms with Gasteiger partial charge in [-0.1, -0.05) is 6.07 Å². The first-order valence-electron chi connectivity index (χ1n) is 5.35. The second-order valence-electron chi connectivity index (χ2n) is 3.66. The fraction of sp³-hybridized carbons (Fsp3) is 0.250. The van der Waals surface area contributed by atoms with Crippen LogP contribution in [0.25, 0.3) is 0 Å². The molecule has 0 atom stereocenters. The third-order valence-electron chi connectivity index (χ3n) is 2.38. The van der Waals surface area contributed by atoms with E-state index in [2.05, 4.69) is 5.32 Å². The van der Waals surface area contributed by atoms with Crippen LogP contribution in [0.4, 0.5) is 5.69 Å². The first-order valence-corrected chi connectivity index (χ1v) is 5.35. The number of anilines is 1. The molecule has 0 bridgehead atoms. The van der Waals surface area contributed by atoms with Gasteiger partial charge in [-0.2, -0.15) is 0 Å². The Labute approximate surface area is 104 Å². The number of carbonyl (C=O) groups is 3. The van der Waals surface area contributed by atoms with Crippen molar-refractivity contribution < 1.29 is 19.5 Å². The van der Waals surface area contributed by atoms with Crippen LogP contribution < -0.4 is 5.32 Å². The minimum Gasteiger partial charge on any atom is -0.478 e. The van der Waals surface area contributed by atoms with Gasteiger partial charge in [0.2, 0.25) is 0 Å². The summed E-state index contributed by atoms with van der Waals surface area (Å²) in [5, 5.41) is 11.1. The molecule has 1 rings (SSSR count). The van der Waals surface area contributed by atoms with Gasteiger partial charge in [0.05, 0.1) is 5.56 Å². The Kier molecular flexibility index (Phi) is 4.42. The van der Waals surface area contributed by atoms with Gasteiger partial charge in [0.15, 0.2) is 0 Å². The van der Waals surface area contributed by atoms with Gasteiger partial charge in [0.25, 0.3) is 0 Å². The van der Waals surface area contributed by atoms with Gasteiger partial charge in [-0.25, -0.2) is 4.79 Å². The predicted molar refractivity (Wildman–Crippen MR) is 65.3 cm³/mol. The van der Waals surface area contributed by atoms with Crippen molar-refractivity contribution >= 4 is 23.5 Å². The molecule has 0 aliphatic carbocycles. The van der Waals surface area contributed by atoms with Crippen LogP contribution in [0.1, 0.15) is 17.3 Å². The Hall–Kier alpha value is -2.37. The van der Waals surface area contributed by atoms with Crippen molar-refractivity contribution in [2.45, 2.75) is 6.92 Å². The number of nitrogens with one attached hydrogen (secondary N) is 1. The molecule has 0 heterocycles. The van der Waals surface area contributed by atoms with Crippen LogP contribution in [-0.4, -0.2) is 41.4 Å². The van der Waals surface area contributed by atoms with Crippen molar-refractivity contribution in [3.05, 3.63) is 29.8 Å². The highest BCUT2D eigenvalue weighted by Gasteiger charge is 2.17. The van der Waals surface area contributed by atoms with E-state index in [1.807, 2.05) is 0 Å². The molecule has 0 unspecified atom stereocenters. The number of hydrogen-bond acceptors (Lipinski definition) is 3. The second kappa shape index (κ2) is 5.81. The highest BCUT2D eigenvalue weighted by Crippen LogP contribution is 2.10. The highest BCUT2D eigenvalue weighted by atomic mass is 16.4. The van der Waals surface area contributed by atoms with Gasteiger partial charge in [0, 0.05) is 19.3 Å². The van der Waals surface area contributed by atoms with E-state index in [1.165, 1.54) is 36.2 Å². The Balaban J connectivity index is 2.79. The molecule has 1 aromatic rings. The lowest BCUT2D eigenvalue weighted by molar-refractivity contribution is -0.142. The number of carbonyl (C=O) groups excluding carboxylic acids is 2. The van der Waals surface area contributed by atoms with Crippen LogP contribution in [-0.2, 0) is 9.59 Å². The number of likely N-dealkylation sites (N-methyl/N-ethyl adjacent to an activating group) is 1. The van der Waals surface area contributed by atoms with Gasteiger partial charge < -0.3 is 15.3 Å². The maximum absolute atomic E-state index is 11.5. The summed E-state index contributed by atoms with van der Waals surface area (Å²) in [6.07, 6.45) is 0. The molecule has 0 fully saturated rings. The van der Waals surface area contributed by atoms with Gasteiger partial charge in [0.1, 0.15) is 0 Å².